The highest BCUT2D eigenvalue weighted by Crippen LogP contribution is 2.43. The van der Waals surface area contributed by atoms with Gasteiger partial charge in [-0.05, 0) is 32.1 Å². The van der Waals surface area contributed by atoms with Gasteiger partial charge in [0, 0.05) is 17.0 Å². The molecule has 17 heavy (non-hydrogen) atoms. The van der Waals surface area contributed by atoms with E-state index in [0.29, 0.717) is 0 Å². The van der Waals surface area contributed by atoms with Gasteiger partial charge in [-0.15, -0.1) is 0 Å². The summed E-state index contributed by atoms with van der Waals surface area (Å²) >= 11 is 1.80. The normalized spacial score (nSPS) is 28.6. The van der Waals surface area contributed by atoms with E-state index in [1.54, 1.807) is 24.2 Å². The Balaban J connectivity index is 2.26. The Morgan fingerprint density at radius 1 is 1.53 bits per heavy atom. The molecule has 0 amide bonds. The second-order valence-corrected chi connectivity index (χ2v) is 6.21. The summed E-state index contributed by atoms with van der Waals surface area (Å²) in [6, 6.07) is 1.91. The fraction of sp³-hybridized carbons (Fsp3) is 0.615. The van der Waals surface area contributed by atoms with E-state index >= 15 is 0 Å². The molecule has 0 spiro atoms. The number of ether oxygens (including phenoxy) is 1. The zero-order chi connectivity index (χ0) is 12.5. The average Bonchev–Trinajstić information content (AvgIpc) is 2.60. The van der Waals surface area contributed by atoms with Gasteiger partial charge >= 0.3 is 0 Å². The average molecular weight is 253 g/mol. The molecule has 0 radical (unpaired) electrons. The van der Waals surface area contributed by atoms with E-state index < -0.39 is 5.60 Å². The van der Waals surface area contributed by atoms with Gasteiger partial charge in [-0.1, -0.05) is 6.92 Å². The second-order valence-electron chi connectivity index (χ2n) is 4.76. The fourth-order valence-electron chi connectivity index (χ4n) is 2.10. The molecule has 1 saturated heterocycles. The highest BCUT2D eigenvalue weighted by Gasteiger charge is 2.40. The first-order chi connectivity index (χ1) is 8.02. The van der Waals surface area contributed by atoms with Crippen molar-refractivity contribution in [1.29, 1.82) is 0 Å². The van der Waals surface area contributed by atoms with E-state index in [4.69, 9.17) is 4.74 Å². The predicted octanol–water partition coefficient (Wildman–Crippen LogP) is 2.58. The van der Waals surface area contributed by atoms with Gasteiger partial charge in [-0.3, -0.25) is 4.98 Å². The predicted molar refractivity (Wildman–Crippen MR) is 70.4 cm³/mol. The van der Waals surface area contributed by atoms with Crippen molar-refractivity contribution in [2.24, 2.45) is 0 Å². The molecule has 2 unspecified atom stereocenters. The zero-order valence-corrected chi connectivity index (χ0v) is 11.3. The first-order valence-electron chi connectivity index (χ1n) is 5.98. The van der Waals surface area contributed by atoms with Crippen LogP contribution in [-0.4, -0.2) is 27.2 Å². The van der Waals surface area contributed by atoms with E-state index in [2.05, 4.69) is 11.9 Å². The lowest BCUT2D eigenvalue weighted by Crippen LogP contribution is -2.31. The second kappa shape index (κ2) is 4.86. The summed E-state index contributed by atoms with van der Waals surface area (Å²) in [4.78, 5) is 4.17. The van der Waals surface area contributed by atoms with Gasteiger partial charge < -0.3 is 9.84 Å². The van der Waals surface area contributed by atoms with Crippen molar-refractivity contribution in [1.82, 2.24) is 4.98 Å². The highest BCUT2D eigenvalue weighted by molar-refractivity contribution is 8.00. The summed E-state index contributed by atoms with van der Waals surface area (Å²) in [5, 5.41) is 10.9. The van der Waals surface area contributed by atoms with Crippen LogP contribution in [0, 0.1) is 0 Å². The molecule has 2 rings (SSSR count). The van der Waals surface area contributed by atoms with Crippen molar-refractivity contribution in [3.8, 4) is 5.75 Å². The Hall–Kier alpha value is -0.740. The SMILES string of the molecule is CC(C)Oc1cncc(C2(O)CCSC2C)c1. The van der Waals surface area contributed by atoms with Gasteiger partial charge in [0.1, 0.15) is 11.4 Å². The summed E-state index contributed by atoms with van der Waals surface area (Å²) < 4.78 is 5.61. The molecule has 2 heterocycles. The van der Waals surface area contributed by atoms with E-state index in [-0.39, 0.29) is 11.4 Å². The lowest BCUT2D eigenvalue weighted by molar-refractivity contribution is 0.0419. The third-order valence-electron chi connectivity index (χ3n) is 3.11. The first kappa shape index (κ1) is 12.7. The molecule has 0 saturated carbocycles. The molecule has 0 bridgehead atoms. The molecule has 3 nitrogen and oxygen atoms in total. The molecular weight excluding hydrogens is 234 g/mol. The molecule has 1 aromatic rings. The highest BCUT2D eigenvalue weighted by atomic mass is 32.2. The van der Waals surface area contributed by atoms with Crippen LogP contribution in [0.2, 0.25) is 0 Å². The van der Waals surface area contributed by atoms with Crippen LogP contribution in [0.15, 0.2) is 18.5 Å². The molecule has 0 aliphatic carbocycles. The Morgan fingerprint density at radius 2 is 2.29 bits per heavy atom. The monoisotopic (exact) mass is 253 g/mol. The quantitative estimate of drug-likeness (QED) is 0.899. The molecule has 94 valence electrons. The summed E-state index contributed by atoms with van der Waals surface area (Å²) in [7, 11) is 0. The first-order valence-corrected chi connectivity index (χ1v) is 7.03. The zero-order valence-electron chi connectivity index (χ0n) is 10.5. The Bertz CT molecular complexity index is 397. The van der Waals surface area contributed by atoms with E-state index in [1.165, 1.54) is 0 Å². The standard InChI is InChI=1S/C13H19NO2S/c1-9(2)16-12-6-11(7-14-8-12)13(15)4-5-17-10(13)3/h6-10,15H,4-5H2,1-3H3. The minimum Gasteiger partial charge on any atom is -0.489 e. The molecule has 4 heteroatoms. The van der Waals surface area contributed by atoms with Gasteiger partial charge in [0.25, 0.3) is 0 Å². The van der Waals surface area contributed by atoms with Gasteiger partial charge in [0.2, 0.25) is 0 Å². The van der Waals surface area contributed by atoms with Crippen LogP contribution >= 0.6 is 11.8 Å². The molecular formula is C13H19NO2S. The number of nitrogens with zero attached hydrogens (tertiary/aromatic N) is 1. The van der Waals surface area contributed by atoms with Crippen molar-refractivity contribution in [3.63, 3.8) is 0 Å². The van der Waals surface area contributed by atoms with Crippen molar-refractivity contribution in [3.05, 3.63) is 24.0 Å². The van der Waals surface area contributed by atoms with Gasteiger partial charge in [0.05, 0.1) is 12.3 Å². The molecule has 0 aromatic carbocycles. The number of aromatic nitrogens is 1. The molecule has 2 atom stereocenters. The number of thioether (sulfide) groups is 1. The number of hydrogen-bond donors (Lipinski definition) is 1. The Kier molecular flexibility index (Phi) is 3.64. The number of rotatable bonds is 3. The van der Waals surface area contributed by atoms with Gasteiger partial charge in [-0.2, -0.15) is 11.8 Å². The maximum absolute atomic E-state index is 10.7. The Morgan fingerprint density at radius 3 is 2.88 bits per heavy atom. The maximum atomic E-state index is 10.7. The van der Waals surface area contributed by atoms with E-state index in [0.717, 1.165) is 23.5 Å². The molecule has 1 aliphatic heterocycles. The Labute approximate surface area is 107 Å². The smallest absolute Gasteiger partial charge is 0.138 e. The van der Waals surface area contributed by atoms with Crippen molar-refractivity contribution in [2.75, 3.05) is 5.75 Å². The largest absolute Gasteiger partial charge is 0.489 e. The van der Waals surface area contributed by atoms with Crippen LogP contribution < -0.4 is 4.74 Å². The molecule has 1 fully saturated rings. The summed E-state index contributed by atoms with van der Waals surface area (Å²) in [6.07, 6.45) is 4.35. The van der Waals surface area contributed by atoms with Crippen LogP contribution in [-0.2, 0) is 5.60 Å². The number of aliphatic hydroxyl groups is 1. The van der Waals surface area contributed by atoms with Crippen LogP contribution in [0.5, 0.6) is 5.75 Å². The van der Waals surface area contributed by atoms with Crippen LogP contribution in [0.3, 0.4) is 0 Å². The van der Waals surface area contributed by atoms with Crippen molar-refractivity contribution < 1.29 is 9.84 Å². The maximum Gasteiger partial charge on any atom is 0.138 e. The molecule has 1 aliphatic rings. The number of hydrogen-bond acceptors (Lipinski definition) is 4. The minimum absolute atomic E-state index is 0.122. The third kappa shape index (κ3) is 2.58. The topological polar surface area (TPSA) is 42.4 Å². The van der Waals surface area contributed by atoms with Gasteiger partial charge in [0.15, 0.2) is 0 Å². The lowest BCUT2D eigenvalue weighted by Gasteiger charge is -2.27. The van der Waals surface area contributed by atoms with Crippen molar-refractivity contribution >= 4 is 11.8 Å². The van der Waals surface area contributed by atoms with Crippen LogP contribution in [0.4, 0.5) is 0 Å². The molecule has 1 aromatic heterocycles. The minimum atomic E-state index is -0.756. The summed E-state index contributed by atoms with van der Waals surface area (Å²) in [6.45, 7) is 6.03. The number of pyridine rings is 1. The van der Waals surface area contributed by atoms with Crippen LogP contribution in [0.25, 0.3) is 0 Å². The molecule has 1 N–H and O–H groups in total. The van der Waals surface area contributed by atoms with E-state index in [9.17, 15) is 5.11 Å². The third-order valence-corrected chi connectivity index (χ3v) is 4.44. The van der Waals surface area contributed by atoms with Gasteiger partial charge in [-0.25, -0.2) is 0 Å². The van der Waals surface area contributed by atoms with Crippen molar-refractivity contribution in [2.45, 2.75) is 44.1 Å². The van der Waals surface area contributed by atoms with Crippen LogP contribution in [0.1, 0.15) is 32.8 Å². The summed E-state index contributed by atoms with van der Waals surface area (Å²) in [5.41, 5.74) is 0.113. The fourth-order valence-corrected chi connectivity index (χ4v) is 3.42. The lowest BCUT2D eigenvalue weighted by atomic mass is 9.90. The summed E-state index contributed by atoms with van der Waals surface area (Å²) in [5.74, 6) is 1.72. The van der Waals surface area contributed by atoms with E-state index in [1.807, 2.05) is 19.9 Å².